The quantitative estimate of drug-likeness (QED) is 0.438. The van der Waals surface area contributed by atoms with Crippen LogP contribution in [0.2, 0.25) is 0 Å². The summed E-state index contributed by atoms with van der Waals surface area (Å²) in [5.74, 6) is 0.143. The fourth-order valence-electron chi connectivity index (χ4n) is 6.15. The van der Waals surface area contributed by atoms with Gasteiger partial charge in [-0.2, -0.15) is 4.31 Å². The highest BCUT2D eigenvalue weighted by Gasteiger charge is 2.47. The maximum Gasteiger partial charge on any atom is 0.239 e. The van der Waals surface area contributed by atoms with Gasteiger partial charge in [-0.1, -0.05) is 18.2 Å². The van der Waals surface area contributed by atoms with Crippen molar-refractivity contribution in [2.24, 2.45) is 17.8 Å². The van der Waals surface area contributed by atoms with Crippen molar-refractivity contribution in [3.05, 3.63) is 34.5 Å². The van der Waals surface area contributed by atoms with Crippen molar-refractivity contribution >= 4 is 10.0 Å². The Kier molecular flexibility index (Phi) is 7.56. The van der Waals surface area contributed by atoms with E-state index in [1.807, 2.05) is 6.08 Å². The monoisotopic (exact) mass is 469 g/mol. The summed E-state index contributed by atoms with van der Waals surface area (Å²) in [7, 11) is -2.04. The van der Waals surface area contributed by atoms with Gasteiger partial charge < -0.3 is 14.9 Å². The van der Waals surface area contributed by atoms with E-state index in [1.54, 1.807) is 11.4 Å². The molecule has 0 aromatic heterocycles. The second-order valence-electron chi connectivity index (χ2n) is 9.75. The Hall–Kier alpha value is -1.06. The number of rotatable bonds is 7. The summed E-state index contributed by atoms with van der Waals surface area (Å²) in [6.07, 6.45) is 10.4. The number of aliphatic hydroxyl groups is 2. The molecule has 4 rings (SSSR count). The van der Waals surface area contributed by atoms with Crippen molar-refractivity contribution in [1.82, 2.24) is 4.31 Å². The summed E-state index contributed by atoms with van der Waals surface area (Å²) in [6.45, 7) is 0.417. The predicted octanol–water partition coefficient (Wildman–Crippen LogP) is 3.78. The lowest BCUT2D eigenvalue weighted by Crippen LogP contribution is -2.39. The van der Waals surface area contributed by atoms with Crippen LogP contribution in [-0.4, -0.2) is 55.0 Å². The Labute approximate surface area is 190 Å². The first-order chi connectivity index (χ1) is 15.3. The van der Waals surface area contributed by atoms with Crippen LogP contribution in [0.4, 0.5) is 4.39 Å². The molecule has 6 nitrogen and oxygen atoms in total. The van der Waals surface area contributed by atoms with Crippen LogP contribution >= 0.6 is 0 Å². The number of halogens is 1. The van der Waals surface area contributed by atoms with Crippen molar-refractivity contribution in [2.75, 3.05) is 13.7 Å². The highest BCUT2D eigenvalue weighted by molar-refractivity contribution is 7.93. The second kappa shape index (κ2) is 10.1. The third kappa shape index (κ3) is 4.89. The van der Waals surface area contributed by atoms with Gasteiger partial charge in [0.05, 0.1) is 11.0 Å². The number of hydrogen-bond acceptors (Lipinski definition) is 5. The molecule has 0 saturated carbocycles. The van der Waals surface area contributed by atoms with Crippen LogP contribution in [0.5, 0.6) is 0 Å². The Bertz CT molecular complexity index is 881. The molecule has 5 unspecified atom stereocenters. The second-order valence-corrected chi connectivity index (χ2v) is 11.7. The molecular formula is C24H36FNO5S. The van der Waals surface area contributed by atoms with Crippen molar-refractivity contribution < 1.29 is 27.8 Å². The summed E-state index contributed by atoms with van der Waals surface area (Å²) in [4.78, 5) is 0.430. The topological polar surface area (TPSA) is 87.1 Å². The number of allylic oxidation sites excluding steroid dienone is 4. The normalized spacial score (nSPS) is 34.2. The SMILES string of the molecule is COC1CCC(C2CCC=C(S(=O)(=O)N3CC(CCC(O)O)C4CC=CCC43)C2)=C(F)C1. The van der Waals surface area contributed by atoms with Crippen LogP contribution in [0, 0.1) is 17.8 Å². The molecule has 180 valence electrons. The number of ether oxygens (including phenoxy) is 1. The fraction of sp³-hybridized carbons (Fsp3) is 0.750. The minimum Gasteiger partial charge on any atom is -0.381 e. The van der Waals surface area contributed by atoms with Gasteiger partial charge in [-0.3, -0.25) is 0 Å². The van der Waals surface area contributed by atoms with Crippen molar-refractivity contribution in [1.29, 1.82) is 0 Å². The fourth-order valence-corrected chi connectivity index (χ4v) is 8.18. The standard InChI is InChI=1S/C24H36FNO5S/c1-31-18-10-11-20(22(25)14-18)16-5-4-6-19(13-16)32(29,30)26-15-17(9-12-24(27)28)21-7-2-3-8-23(21)26/h2-3,6,16-18,21,23-24,27-28H,4-5,7-15H2,1H3. The molecule has 0 bridgehead atoms. The molecule has 0 spiro atoms. The largest absolute Gasteiger partial charge is 0.381 e. The van der Waals surface area contributed by atoms with Gasteiger partial charge in [-0.15, -0.1) is 0 Å². The van der Waals surface area contributed by atoms with Crippen LogP contribution < -0.4 is 0 Å². The molecule has 8 heteroatoms. The number of methoxy groups -OCH3 is 1. The number of hydrogen-bond donors (Lipinski definition) is 2. The molecule has 2 N–H and O–H groups in total. The molecule has 1 aliphatic heterocycles. The first-order valence-corrected chi connectivity index (χ1v) is 13.4. The zero-order chi connectivity index (χ0) is 22.9. The Morgan fingerprint density at radius 3 is 2.72 bits per heavy atom. The van der Waals surface area contributed by atoms with Crippen molar-refractivity contribution in [3.8, 4) is 0 Å². The molecule has 3 aliphatic carbocycles. The van der Waals surface area contributed by atoms with E-state index in [-0.39, 0.29) is 48.6 Å². The average Bonchev–Trinajstić information content (AvgIpc) is 3.17. The molecule has 0 radical (unpaired) electrons. The Morgan fingerprint density at radius 2 is 2.00 bits per heavy atom. The smallest absolute Gasteiger partial charge is 0.239 e. The van der Waals surface area contributed by atoms with Crippen LogP contribution in [0.1, 0.15) is 64.2 Å². The van der Waals surface area contributed by atoms with Gasteiger partial charge in [0.25, 0.3) is 0 Å². The lowest BCUT2D eigenvalue weighted by molar-refractivity contribution is -0.0495. The molecule has 4 aliphatic rings. The van der Waals surface area contributed by atoms with Crippen LogP contribution in [0.15, 0.2) is 34.5 Å². The number of nitrogens with zero attached hydrogens (tertiary/aromatic N) is 1. The van der Waals surface area contributed by atoms with Crippen LogP contribution in [-0.2, 0) is 14.8 Å². The highest BCUT2D eigenvalue weighted by Crippen LogP contribution is 2.45. The van der Waals surface area contributed by atoms with Crippen molar-refractivity contribution in [3.63, 3.8) is 0 Å². The summed E-state index contributed by atoms with van der Waals surface area (Å²) in [5, 5.41) is 18.6. The zero-order valence-corrected chi connectivity index (χ0v) is 19.6. The third-order valence-electron chi connectivity index (χ3n) is 7.92. The Morgan fingerprint density at radius 1 is 1.22 bits per heavy atom. The van der Waals surface area contributed by atoms with Crippen LogP contribution in [0.3, 0.4) is 0 Å². The van der Waals surface area contributed by atoms with Gasteiger partial charge in [0.2, 0.25) is 10.0 Å². The van der Waals surface area contributed by atoms with Gasteiger partial charge in [-0.25, -0.2) is 12.8 Å². The van der Waals surface area contributed by atoms with Gasteiger partial charge in [0, 0.05) is 26.1 Å². The van der Waals surface area contributed by atoms with E-state index in [0.29, 0.717) is 43.6 Å². The van der Waals surface area contributed by atoms with Crippen molar-refractivity contribution in [2.45, 2.75) is 82.6 Å². The van der Waals surface area contributed by atoms with E-state index in [2.05, 4.69) is 12.2 Å². The maximum atomic E-state index is 14.8. The number of sulfonamides is 1. The summed E-state index contributed by atoms with van der Waals surface area (Å²) in [5.41, 5.74) is 0.786. The molecule has 1 heterocycles. The molecule has 0 aromatic rings. The van der Waals surface area contributed by atoms with E-state index in [4.69, 9.17) is 4.74 Å². The summed E-state index contributed by atoms with van der Waals surface area (Å²) >= 11 is 0. The summed E-state index contributed by atoms with van der Waals surface area (Å²) in [6, 6.07) is -0.0831. The average molecular weight is 470 g/mol. The first-order valence-electron chi connectivity index (χ1n) is 11.9. The minimum atomic E-state index is -3.64. The van der Waals surface area contributed by atoms with E-state index < -0.39 is 16.3 Å². The molecule has 32 heavy (non-hydrogen) atoms. The number of aliphatic hydroxyl groups excluding tert-OH is 1. The molecule has 0 amide bonds. The van der Waals surface area contributed by atoms with E-state index in [0.717, 1.165) is 24.8 Å². The van der Waals surface area contributed by atoms with Gasteiger partial charge >= 0.3 is 0 Å². The lowest BCUT2D eigenvalue weighted by atomic mass is 9.81. The number of fused-ring (bicyclic) bond motifs is 1. The molecule has 1 fully saturated rings. The Balaban J connectivity index is 1.51. The van der Waals surface area contributed by atoms with E-state index >= 15 is 0 Å². The van der Waals surface area contributed by atoms with Crippen LogP contribution in [0.25, 0.3) is 0 Å². The molecule has 1 saturated heterocycles. The molecule has 0 aromatic carbocycles. The minimum absolute atomic E-state index is 0.0624. The van der Waals surface area contributed by atoms with Gasteiger partial charge in [0.15, 0.2) is 6.29 Å². The van der Waals surface area contributed by atoms with E-state index in [9.17, 15) is 23.0 Å². The van der Waals surface area contributed by atoms with Gasteiger partial charge in [0.1, 0.15) is 5.83 Å². The first kappa shape index (κ1) is 24.1. The van der Waals surface area contributed by atoms with E-state index in [1.165, 1.54) is 0 Å². The third-order valence-corrected chi connectivity index (χ3v) is 9.96. The molecule has 5 atom stereocenters. The maximum absolute atomic E-state index is 14.8. The lowest BCUT2D eigenvalue weighted by Gasteiger charge is -2.33. The highest BCUT2D eigenvalue weighted by atomic mass is 32.2. The van der Waals surface area contributed by atoms with Gasteiger partial charge in [-0.05, 0) is 81.1 Å². The predicted molar refractivity (Wildman–Crippen MR) is 120 cm³/mol. The summed E-state index contributed by atoms with van der Waals surface area (Å²) < 4.78 is 49.2. The zero-order valence-electron chi connectivity index (χ0n) is 18.8. The molecular weight excluding hydrogens is 433 g/mol.